The minimum absolute atomic E-state index is 0.0267. The first-order chi connectivity index (χ1) is 14.5. The Balaban J connectivity index is 1.46. The topological polar surface area (TPSA) is 127 Å². The Morgan fingerprint density at radius 3 is 2.53 bits per heavy atom. The first kappa shape index (κ1) is 20.9. The average Bonchev–Trinajstić information content (AvgIpc) is 3.34. The molecule has 0 spiro atoms. The molecule has 4 rings (SSSR count). The van der Waals surface area contributed by atoms with Crippen LogP contribution in [0.15, 0.2) is 37.1 Å². The van der Waals surface area contributed by atoms with Crippen molar-refractivity contribution in [1.29, 1.82) is 0 Å². The van der Waals surface area contributed by atoms with Crippen molar-refractivity contribution < 1.29 is 23.2 Å². The number of hydroxylamine groups is 1. The summed E-state index contributed by atoms with van der Waals surface area (Å²) < 4.78 is 33.5. The van der Waals surface area contributed by atoms with E-state index < -0.39 is 20.7 Å². The Labute approximate surface area is 174 Å². The van der Waals surface area contributed by atoms with Crippen molar-refractivity contribution >= 4 is 15.9 Å². The van der Waals surface area contributed by atoms with Gasteiger partial charge in [-0.1, -0.05) is 0 Å². The van der Waals surface area contributed by atoms with E-state index in [4.69, 9.17) is 9.94 Å². The van der Waals surface area contributed by atoms with Crippen molar-refractivity contribution in [3.63, 3.8) is 0 Å². The van der Waals surface area contributed by atoms with E-state index in [9.17, 15) is 13.2 Å². The van der Waals surface area contributed by atoms with Crippen LogP contribution in [0.5, 0.6) is 0 Å². The number of carbonyl (C=O) groups is 1. The zero-order valence-corrected chi connectivity index (χ0v) is 17.3. The second-order valence-corrected chi connectivity index (χ2v) is 9.89. The molecule has 2 fully saturated rings. The van der Waals surface area contributed by atoms with Gasteiger partial charge < -0.3 is 9.30 Å². The van der Waals surface area contributed by atoms with Crippen molar-refractivity contribution in [2.75, 3.05) is 26.3 Å². The summed E-state index contributed by atoms with van der Waals surface area (Å²) in [4.78, 5) is 20.9. The normalized spacial score (nSPS) is 20.7. The lowest BCUT2D eigenvalue weighted by molar-refractivity contribution is -0.134. The van der Waals surface area contributed by atoms with E-state index in [1.165, 1.54) is 4.31 Å². The standard InChI is InChI=1S/C19H25N5O5S/c25-18(22-26)19(5-11-29-12-6-19)30(27,28)24-8-3-15(4-9-24)17-2-1-16(13-21-17)23-10-7-20-14-23/h1-2,7,10,13-15,26H,3-6,8-9,11-12H2,(H,22,25). The van der Waals surface area contributed by atoms with Crippen LogP contribution < -0.4 is 5.48 Å². The molecule has 2 aromatic heterocycles. The first-order valence-electron chi connectivity index (χ1n) is 9.94. The highest BCUT2D eigenvalue weighted by molar-refractivity contribution is 7.91. The number of imidazole rings is 1. The largest absolute Gasteiger partial charge is 0.381 e. The molecule has 2 aliphatic rings. The Kier molecular flexibility index (Phi) is 5.87. The monoisotopic (exact) mass is 435 g/mol. The SMILES string of the molecule is O=C(NO)C1(S(=O)(=O)N2CCC(c3ccc(-n4ccnc4)cn3)CC2)CCOCC1. The maximum absolute atomic E-state index is 13.4. The number of aromatic nitrogens is 3. The number of hydrogen-bond donors (Lipinski definition) is 2. The van der Waals surface area contributed by atoms with Gasteiger partial charge in [0.1, 0.15) is 0 Å². The summed E-state index contributed by atoms with van der Waals surface area (Å²) in [6.45, 7) is 0.936. The Bertz CT molecular complexity index is 963. The minimum Gasteiger partial charge on any atom is -0.381 e. The molecule has 2 N–H and O–H groups in total. The van der Waals surface area contributed by atoms with Crippen LogP contribution in [0.1, 0.15) is 37.3 Å². The molecule has 0 aliphatic carbocycles. The van der Waals surface area contributed by atoms with Gasteiger partial charge in [-0.25, -0.2) is 23.2 Å². The van der Waals surface area contributed by atoms with Crippen LogP contribution in [0.25, 0.3) is 5.69 Å². The van der Waals surface area contributed by atoms with Crippen LogP contribution in [-0.4, -0.2) is 69.4 Å². The Morgan fingerprint density at radius 1 is 1.23 bits per heavy atom. The van der Waals surface area contributed by atoms with Crippen LogP contribution >= 0.6 is 0 Å². The number of nitrogens with one attached hydrogen (secondary N) is 1. The quantitative estimate of drug-likeness (QED) is 0.526. The van der Waals surface area contributed by atoms with E-state index in [-0.39, 0.29) is 32.0 Å². The van der Waals surface area contributed by atoms with Gasteiger partial charge in [0.25, 0.3) is 5.91 Å². The molecule has 0 radical (unpaired) electrons. The fourth-order valence-electron chi connectivity index (χ4n) is 4.25. The predicted molar refractivity (Wildman–Crippen MR) is 107 cm³/mol. The molecule has 1 amide bonds. The number of hydrogen-bond acceptors (Lipinski definition) is 7. The van der Waals surface area contributed by atoms with Crippen molar-refractivity contribution in [2.45, 2.75) is 36.3 Å². The van der Waals surface area contributed by atoms with Gasteiger partial charge >= 0.3 is 0 Å². The fourth-order valence-corrected chi connectivity index (χ4v) is 6.40. The van der Waals surface area contributed by atoms with Gasteiger partial charge in [0.05, 0.1) is 18.2 Å². The third-order valence-electron chi connectivity index (χ3n) is 6.10. The molecule has 4 heterocycles. The van der Waals surface area contributed by atoms with Gasteiger partial charge in [0.2, 0.25) is 10.0 Å². The number of ether oxygens (including phenoxy) is 1. The molecule has 0 unspecified atom stereocenters. The number of carbonyl (C=O) groups excluding carboxylic acids is 1. The number of pyridine rings is 1. The third-order valence-corrected chi connectivity index (χ3v) is 8.72. The number of rotatable bonds is 5. The zero-order chi connectivity index (χ0) is 21.2. The van der Waals surface area contributed by atoms with E-state index in [0.29, 0.717) is 25.9 Å². The average molecular weight is 436 g/mol. The molecule has 11 heteroatoms. The van der Waals surface area contributed by atoms with Gasteiger partial charge in [-0.05, 0) is 25.0 Å². The van der Waals surface area contributed by atoms with Crippen LogP contribution in [-0.2, 0) is 19.6 Å². The van der Waals surface area contributed by atoms with E-state index in [0.717, 1.165) is 11.4 Å². The van der Waals surface area contributed by atoms with Crippen LogP contribution in [0.4, 0.5) is 0 Å². The third kappa shape index (κ3) is 3.62. The predicted octanol–water partition coefficient (Wildman–Crippen LogP) is 0.831. The molecule has 2 aromatic rings. The fraction of sp³-hybridized carbons (Fsp3) is 0.526. The summed E-state index contributed by atoms with van der Waals surface area (Å²) in [7, 11) is -3.95. The van der Waals surface area contributed by atoms with Gasteiger partial charge in [0, 0.05) is 63.2 Å². The maximum Gasteiger partial charge on any atom is 0.266 e. The van der Waals surface area contributed by atoms with Crippen molar-refractivity contribution in [3.8, 4) is 5.69 Å². The van der Waals surface area contributed by atoms with Crippen molar-refractivity contribution in [3.05, 3.63) is 42.7 Å². The summed E-state index contributed by atoms with van der Waals surface area (Å²) in [5, 5.41) is 9.16. The molecule has 0 aromatic carbocycles. The summed E-state index contributed by atoms with van der Waals surface area (Å²) in [5.41, 5.74) is 3.39. The molecule has 0 saturated carbocycles. The number of nitrogens with zero attached hydrogens (tertiary/aromatic N) is 4. The minimum atomic E-state index is -3.95. The van der Waals surface area contributed by atoms with Gasteiger partial charge in [-0.2, -0.15) is 0 Å². The molecule has 0 bridgehead atoms. The van der Waals surface area contributed by atoms with E-state index >= 15 is 0 Å². The lowest BCUT2D eigenvalue weighted by atomic mass is 9.94. The number of sulfonamides is 1. The molecule has 162 valence electrons. The van der Waals surface area contributed by atoms with Crippen molar-refractivity contribution in [2.24, 2.45) is 0 Å². The number of amides is 1. The van der Waals surface area contributed by atoms with E-state index in [2.05, 4.69) is 9.97 Å². The molecule has 30 heavy (non-hydrogen) atoms. The summed E-state index contributed by atoms with van der Waals surface area (Å²) in [5.74, 6) is -0.740. The molecule has 2 saturated heterocycles. The zero-order valence-electron chi connectivity index (χ0n) is 16.5. The summed E-state index contributed by atoms with van der Waals surface area (Å²) in [6.07, 6.45) is 8.31. The van der Waals surface area contributed by atoms with Crippen LogP contribution in [0, 0.1) is 0 Å². The molecule has 2 aliphatic heterocycles. The molecular weight excluding hydrogens is 410 g/mol. The van der Waals surface area contributed by atoms with Gasteiger partial charge in [-0.15, -0.1) is 0 Å². The lowest BCUT2D eigenvalue weighted by Crippen LogP contribution is -2.60. The first-order valence-corrected chi connectivity index (χ1v) is 11.4. The molecule has 10 nitrogen and oxygen atoms in total. The highest BCUT2D eigenvalue weighted by Crippen LogP contribution is 2.36. The Morgan fingerprint density at radius 2 is 1.97 bits per heavy atom. The molecular formula is C19H25N5O5S. The maximum atomic E-state index is 13.4. The van der Waals surface area contributed by atoms with Gasteiger partial charge in [0.15, 0.2) is 4.75 Å². The Hall–Kier alpha value is -2.34. The smallest absolute Gasteiger partial charge is 0.266 e. The van der Waals surface area contributed by atoms with E-state index in [1.807, 2.05) is 22.9 Å². The highest BCUT2D eigenvalue weighted by Gasteiger charge is 2.54. The van der Waals surface area contributed by atoms with Gasteiger partial charge in [-0.3, -0.25) is 15.0 Å². The summed E-state index contributed by atoms with van der Waals surface area (Å²) in [6, 6.07) is 3.93. The van der Waals surface area contributed by atoms with Crippen LogP contribution in [0.3, 0.4) is 0 Å². The second-order valence-electron chi connectivity index (χ2n) is 7.64. The second kappa shape index (κ2) is 8.42. The number of piperidine rings is 1. The lowest BCUT2D eigenvalue weighted by Gasteiger charge is -2.40. The van der Waals surface area contributed by atoms with Crippen molar-refractivity contribution in [1.82, 2.24) is 24.3 Å². The highest BCUT2D eigenvalue weighted by atomic mass is 32.2. The molecule has 0 atom stereocenters. The van der Waals surface area contributed by atoms with E-state index in [1.54, 1.807) is 24.2 Å². The van der Waals surface area contributed by atoms with Crippen LogP contribution in [0.2, 0.25) is 0 Å². The summed E-state index contributed by atoms with van der Waals surface area (Å²) >= 11 is 0.